The maximum atomic E-state index is 12.4. The fraction of sp³-hybridized carbons (Fsp3) is 0.118. The van der Waals surface area contributed by atoms with Crippen molar-refractivity contribution < 1.29 is 13.2 Å². The molecule has 0 saturated heterocycles. The van der Waals surface area contributed by atoms with Gasteiger partial charge >= 0.3 is 0 Å². The van der Waals surface area contributed by atoms with E-state index in [4.69, 9.17) is 0 Å². The SMILES string of the molecule is Cc1cc2c(NC(=O)c3ccc(NS(C)(=O)=O)cc3)cccc2[nH]1. The number of aryl methyl sites for hydroxylation is 1. The van der Waals surface area contributed by atoms with E-state index in [-0.39, 0.29) is 5.91 Å². The minimum absolute atomic E-state index is 0.257. The Labute approximate surface area is 139 Å². The lowest BCUT2D eigenvalue weighted by Gasteiger charge is -2.08. The molecule has 3 aromatic rings. The van der Waals surface area contributed by atoms with Crippen LogP contribution < -0.4 is 10.0 Å². The van der Waals surface area contributed by atoms with Crippen LogP contribution in [-0.2, 0) is 10.0 Å². The summed E-state index contributed by atoms with van der Waals surface area (Å²) in [5, 5.41) is 3.83. The van der Waals surface area contributed by atoms with Gasteiger partial charge in [-0.1, -0.05) is 6.07 Å². The number of amides is 1. The molecule has 0 fully saturated rings. The number of hydrogen-bond donors (Lipinski definition) is 3. The maximum absolute atomic E-state index is 12.4. The fourth-order valence-corrected chi connectivity index (χ4v) is 3.07. The molecular formula is C17H17N3O3S. The molecule has 0 saturated carbocycles. The second-order valence-corrected chi connectivity index (χ2v) is 7.37. The number of nitrogens with one attached hydrogen (secondary N) is 3. The average molecular weight is 343 g/mol. The van der Waals surface area contributed by atoms with Crippen molar-refractivity contribution in [1.29, 1.82) is 0 Å². The summed E-state index contributed by atoms with van der Waals surface area (Å²) in [6, 6.07) is 13.9. The number of sulfonamides is 1. The molecule has 3 rings (SSSR count). The predicted molar refractivity (Wildman–Crippen MR) is 95.9 cm³/mol. The fourth-order valence-electron chi connectivity index (χ4n) is 2.50. The lowest BCUT2D eigenvalue weighted by Crippen LogP contribution is -2.13. The molecule has 0 aliphatic heterocycles. The molecule has 0 aliphatic rings. The number of aromatic nitrogens is 1. The van der Waals surface area contributed by atoms with Crippen molar-refractivity contribution in [2.45, 2.75) is 6.92 Å². The van der Waals surface area contributed by atoms with Crippen molar-refractivity contribution >= 4 is 38.2 Å². The third-order valence-corrected chi connectivity index (χ3v) is 4.10. The summed E-state index contributed by atoms with van der Waals surface area (Å²) < 4.78 is 24.7. The molecule has 0 spiro atoms. The molecule has 7 heteroatoms. The van der Waals surface area contributed by atoms with Crippen LogP contribution in [0.2, 0.25) is 0 Å². The Balaban J connectivity index is 1.81. The smallest absolute Gasteiger partial charge is 0.255 e. The number of aromatic amines is 1. The van der Waals surface area contributed by atoms with Crippen LogP contribution >= 0.6 is 0 Å². The average Bonchev–Trinajstić information content (AvgIpc) is 2.87. The Morgan fingerprint density at radius 1 is 1.08 bits per heavy atom. The van der Waals surface area contributed by atoms with Gasteiger partial charge in [0.2, 0.25) is 10.0 Å². The van der Waals surface area contributed by atoms with Gasteiger partial charge in [-0.05, 0) is 49.4 Å². The van der Waals surface area contributed by atoms with E-state index >= 15 is 0 Å². The number of H-pyrrole nitrogens is 1. The van der Waals surface area contributed by atoms with E-state index in [1.165, 1.54) is 0 Å². The van der Waals surface area contributed by atoms with Gasteiger partial charge in [-0.2, -0.15) is 0 Å². The van der Waals surface area contributed by atoms with Crippen LogP contribution in [0.15, 0.2) is 48.5 Å². The van der Waals surface area contributed by atoms with Gasteiger partial charge in [-0.3, -0.25) is 9.52 Å². The molecule has 0 unspecified atom stereocenters. The van der Waals surface area contributed by atoms with Crippen LogP contribution in [0.4, 0.5) is 11.4 Å². The van der Waals surface area contributed by atoms with Crippen molar-refractivity contribution in [2.24, 2.45) is 0 Å². The number of benzene rings is 2. The van der Waals surface area contributed by atoms with Gasteiger partial charge in [0.05, 0.1) is 11.9 Å². The summed E-state index contributed by atoms with van der Waals surface area (Å²) in [6.45, 7) is 1.96. The number of carbonyl (C=O) groups excluding carboxylic acids is 1. The molecule has 6 nitrogen and oxygen atoms in total. The zero-order valence-corrected chi connectivity index (χ0v) is 14.1. The van der Waals surface area contributed by atoms with Crippen LogP contribution in [0.3, 0.4) is 0 Å². The second kappa shape index (κ2) is 6.01. The highest BCUT2D eigenvalue weighted by molar-refractivity contribution is 7.92. The van der Waals surface area contributed by atoms with Gasteiger partial charge in [-0.15, -0.1) is 0 Å². The number of anilines is 2. The number of rotatable bonds is 4. The Bertz CT molecular complexity index is 1010. The Kier molecular flexibility index (Phi) is 4.02. The quantitative estimate of drug-likeness (QED) is 0.680. The lowest BCUT2D eigenvalue weighted by atomic mass is 10.1. The van der Waals surface area contributed by atoms with E-state index in [1.54, 1.807) is 24.3 Å². The van der Waals surface area contributed by atoms with Gasteiger partial charge in [0, 0.05) is 27.8 Å². The minimum atomic E-state index is -3.33. The highest BCUT2D eigenvalue weighted by atomic mass is 32.2. The zero-order valence-electron chi connectivity index (χ0n) is 13.3. The summed E-state index contributed by atoms with van der Waals surface area (Å²) in [5.74, 6) is -0.257. The van der Waals surface area contributed by atoms with E-state index < -0.39 is 10.0 Å². The summed E-state index contributed by atoms with van der Waals surface area (Å²) in [7, 11) is -3.33. The van der Waals surface area contributed by atoms with Gasteiger partial charge in [0.25, 0.3) is 5.91 Å². The third-order valence-electron chi connectivity index (χ3n) is 3.50. The molecule has 3 N–H and O–H groups in total. The summed E-state index contributed by atoms with van der Waals surface area (Å²) >= 11 is 0. The van der Waals surface area contributed by atoms with E-state index in [1.807, 2.05) is 31.2 Å². The van der Waals surface area contributed by atoms with Crippen LogP contribution in [0.25, 0.3) is 10.9 Å². The van der Waals surface area contributed by atoms with E-state index in [0.29, 0.717) is 11.3 Å². The van der Waals surface area contributed by atoms with Crippen LogP contribution in [0.1, 0.15) is 16.1 Å². The molecule has 1 amide bonds. The van der Waals surface area contributed by atoms with Crippen molar-refractivity contribution in [2.75, 3.05) is 16.3 Å². The number of hydrogen-bond acceptors (Lipinski definition) is 3. The first-order valence-electron chi connectivity index (χ1n) is 7.29. The van der Waals surface area contributed by atoms with E-state index in [2.05, 4.69) is 15.0 Å². The molecule has 0 aliphatic carbocycles. The zero-order chi connectivity index (χ0) is 17.3. The molecular weight excluding hydrogens is 326 g/mol. The molecule has 124 valence electrons. The van der Waals surface area contributed by atoms with Crippen LogP contribution in [0.5, 0.6) is 0 Å². The first-order valence-corrected chi connectivity index (χ1v) is 9.18. The summed E-state index contributed by atoms with van der Waals surface area (Å²) in [4.78, 5) is 15.6. The van der Waals surface area contributed by atoms with Crippen LogP contribution in [-0.4, -0.2) is 25.6 Å². The van der Waals surface area contributed by atoms with Crippen molar-refractivity contribution in [3.05, 3.63) is 59.8 Å². The van der Waals surface area contributed by atoms with Crippen molar-refractivity contribution in [1.82, 2.24) is 4.98 Å². The third kappa shape index (κ3) is 3.57. The number of carbonyl (C=O) groups is 1. The molecule has 2 aromatic carbocycles. The Hall–Kier alpha value is -2.80. The maximum Gasteiger partial charge on any atom is 0.255 e. The highest BCUT2D eigenvalue weighted by Crippen LogP contribution is 2.24. The number of fused-ring (bicyclic) bond motifs is 1. The van der Waals surface area contributed by atoms with Crippen LogP contribution in [0, 0.1) is 6.92 Å². The van der Waals surface area contributed by atoms with E-state index in [9.17, 15) is 13.2 Å². The van der Waals surface area contributed by atoms with Crippen molar-refractivity contribution in [3.8, 4) is 0 Å². The molecule has 1 aromatic heterocycles. The predicted octanol–water partition coefficient (Wildman–Crippen LogP) is 3.10. The normalized spacial score (nSPS) is 11.4. The first kappa shape index (κ1) is 16.1. The molecule has 0 radical (unpaired) electrons. The largest absolute Gasteiger partial charge is 0.359 e. The Morgan fingerprint density at radius 3 is 2.46 bits per heavy atom. The van der Waals surface area contributed by atoms with Gasteiger partial charge in [0.15, 0.2) is 0 Å². The summed E-state index contributed by atoms with van der Waals surface area (Å²) in [6.07, 6.45) is 1.08. The van der Waals surface area contributed by atoms with E-state index in [0.717, 1.165) is 28.5 Å². The standard InChI is InChI=1S/C17H17N3O3S/c1-11-10-14-15(18-11)4-3-5-16(14)19-17(21)12-6-8-13(9-7-12)20-24(2,22)23/h3-10,18,20H,1-2H3,(H,19,21). The minimum Gasteiger partial charge on any atom is -0.359 e. The highest BCUT2D eigenvalue weighted by Gasteiger charge is 2.10. The van der Waals surface area contributed by atoms with Crippen molar-refractivity contribution in [3.63, 3.8) is 0 Å². The van der Waals surface area contributed by atoms with Gasteiger partial charge in [0.1, 0.15) is 0 Å². The molecule has 0 atom stereocenters. The molecule has 0 bridgehead atoms. The molecule has 24 heavy (non-hydrogen) atoms. The lowest BCUT2D eigenvalue weighted by molar-refractivity contribution is 0.102. The second-order valence-electron chi connectivity index (χ2n) is 5.62. The van der Waals surface area contributed by atoms with Gasteiger partial charge < -0.3 is 10.3 Å². The monoisotopic (exact) mass is 343 g/mol. The molecule has 1 heterocycles. The summed E-state index contributed by atoms with van der Waals surface area (Å²) in [5.41, 5.74) is 3.55. The first-order chi connectivity index (χ1) is 11.3. The Morgan fingerprint density at radius 2 is 1.79 bits per heavy atom. The van der Waals surface area contributed by atoms with Gasteiger partial charge in [-0.25, -0.2) is 8.42 Å². The topological polar surface area (TPSA) is 91.1 Å².